The maximum Gasteiger partial charge on any atom is 0.189 e. The molecule has 0 aliphatic carbocycles. The Balaban J connectivity index is 0.00000288. The van der Waals surface area contributed by atoms with E-state index in [0.29, 0.717) is 30.5 Å². The van der Waals surface area contributed by atoms with Gasteiger partial charge in [0.25, 0.3) is 0 Å². The van der Waals surface area contributed by atoms with Crippen LogP contribution >= 0.6 is 24.0 Å². The van der Waals surface area contributed by atoms with E-state index in [0.717, 1.165) is 25.3 Å². The molecule has 0 amide bonds. The van der Waals surface area contributed by atoms with Gasteiger partial charge in [-0.1, -0.05) is 6.07 Å². The first-order chi connectivity index (χ1) is 11.1. The number of ether oxygens (including phenoxy) is 3. The van der Waals surface area contributed by atoms with Crippen LogP contribution < -0.4 is 20.5 Å². The molecule has 7 nitrogen and oxygen atoms in total. The average molecular weight is 450 g/mol. The standard InChI is InChI=1S/C16H26N4O3.HI/c1-20-6-7-23-13(11-20)10-19-16(17)18-9-12-4-5-14(21-2)15(8-12)22-3;/h4-5,8,13H,6-7,9-11H2,1-3H3,(H3,17,18,19);1H. The van der Waals surface area contributed by atoms with Crippen molar-refractivity contribution in [2.45, 2.75) is 12.6 Å². The van der Waals surface area contributed by atoms with E-state index in [1.807, 2.05) is 18.2 Å². The van der Waals surface area contributed by atoms with E-state index in [-0.39, 0.29) is 30.1 Å². The van der Waals surface area contributed by atoms with E-state index in [1.54, 1.807) is 14.2 Å². The smallest absolute Gasteiger partial charge is 0.189 e. The first-order valence-corrected chi connectivity index (χ1v) is 7.67. The molecule has 0 saturated carbocycles. The molecule has 1 heterocycles. The van der Waals surface area contributed by atoms with Gasteiger partial charge in [-0.3, -0.25) is 0 Å². The number of rotatable bonds is 6. The lowest BCUT2D eigenvalue weighted by atomic mass is 10.2. The highest BCUT2D eigenvalue weighted by Crippen LogP contribution is 2.27. The summed E-state index contributed by atoms with van der Waals surface area (Å²) in [7, 11) is 5.31. The summed E-state index contributed by atoms with van der Waals surface area (Å²) in [5.74, 6) is 1.80. The molecule has 0 aromatic heterocycles. The number of likely N-dealkylation sites (N-methyl/N-ethyl adjacent to an activating group) is 1. The maximum absolute atomic E-state index is 5.91. The highest BCUT2D eigenvalue weighted by Gasteiger charge is 2.17. The van der Waals surface area contributed by atoms with Gasteiger partial charge in [0.05, 0.1) is 33.5 Å². The molecule has 1 unspecified atom stereocenters. The maximum atomic E-state index is 5.91. The number of benzene rings is 1. The Morgan fingerprint density at radius 1 is 1.38 bits per heavy atom. The van der Waals surface area contributed by atoms with Crippen LogP contribution in [-0.4, -0.2) is 64.5 Å². The van der Waals surface area contributed by atoms with Gasteiger partial charge in [0.15, 0.2) is 17.5 Å². The Labute approximate surface area is 160 Å². The molecule has 2 rings (SSSR count). The van der Waals surface area contributed by atoms with Crippen LogP contribution in [0, 0.1) is 0 Å². The van der Waals surface area contributed by atoms with Crippen LogP contribution in [0.25, 0.3) is 0 Å². The second-order valence-electron chi connectivity index (χ2n) is 5.53. The number of guanidine groups is 1. The summed E-state index contributed by atoms with van der Waals surface area (Å²) >= 11 is 0. The number of methoxy groups -OCH3 is 2. The van der Waals surface area contributed by atoms with Crippen LogP contribution in [0.15, 0.2) is 23.2 Å². The van der Waals surface area contributed by atoms with Crippen molar-refractivity contribution in [3.05, 3.63) is 23.8 Å². The van der Waals surface area contributed by atoms with Gasteiger partial charge >= 0.3 is 0 Å². The Morgan fingerprint density at radius 2 is 2.12 bits per heavy atom. The van der Waals surface area contributed by atoms with E-state index in [9.17, 15) is 0 Å². The van der Waals surface area contributed by atoms with Gasteiger partial charge in [-0.05, 0) is 24.7 Å². The second kappa shape index (κ2) is 10.6. The molecule has 1 aliphatic heterocycles. The first-order valence-electron chi connectivity index (χ1n) is 7.67. The largest absolute Gasteiger partial charge is 0.493 e. The van der Waals surface area contributed by atoms with E-state index in [2.05, 4.69) is 22.3 Å². The number of hydrogen-bond donors (Lipinski definition) is 2. The van der Waals surface area contributed by atoms with Crippen LogP contribution in [0.5, 0.6) is 11.5 Å². The highest BCUT2D eigenvalue weighted by molar-refractivity contribution is 14.0. The summed E-state index contributed by atoms with van der Waals surface area (Å²) in [6.45, 7) is 3.76. The normalized spacial score (nSPS) is 18.6. The topological polar surface area (TPSA) is 81.3 Å². The van der Waals surface area contributed by atoms with Gasteiger partial charge in [-0.25, -0.2) is 4.99 Å². The second-order valence-corrected chi connectivity index (χ2v) is 5.53. The molecule has 24 heavy (non-hydrogen) atoms. The molecular formula is C16H27IN4O3. The summed E-state index contributed by atoms with van der Waals surface area (Å²) in [4.78, 5) is 6.59. The molecule has 136 valence electrons. The first kappa shape index (κ1) is 20.8. The van der Waals surface area contributed by atoms with E-state index in [4.69, 9.17) is 19.9 Å². The number of aliphatic imine (C=N–C) groups is 1. The summed E-state index contributed by atoms with van der Waals surface area (Å²) in [6, 6.07) is 5.70. The molecule has 0 bridgehead atoms. The Kier molecular flexibility index (Phi) is 9.16. The number of hydrogen-bond acceptors (Lipinski definition) is 5. The van der Waals surface area contributed by atoms with E-state index in [1.165, 1.54) is 0 Å². The fourth-order valence-electron chi connectivity index (χ4n) is 2.42. The van der Waals surface area contributed by atoms with Crippen LogP contribution in [0.2, 0.25) is 0 Å². The van der Waals surface area contributed by atoms with Crippen LogP contribution in [0.4, 0.5) is 0 Å². The molecule has 8 heteroatoms. The molecule has 1 fully saturated rings. The molecule has 1 aromatic carbocycles. The van der Waals surface area contributed by atoms with Gasteiger partial charge in [-0.2, -0.15) is 0 Å². The quantitative estimate of drug-likeness (QED) is 0.383. The van der Waals surface area contributed by atoms with Crippen molar-refractivity contribution in [1.82, 2.24) is 10.2 Å². The van der Waals surface area contributed by atoms with Crippen LogP contribution in [0.3, 0.4) is 0 Å². The summed E-state index contributed by atoms with van der Waals surface area (Å²) in [6.07, 6.45) is 0.142. The summed E-state index contributed by atoms with van der Waals surface area (Å²) < 4.78 is 16.2. The molecule has 3 N–H and O–H groups in total. The molecule has 0 spiro atoms. The SMILES string of the molecule is COc1ccc(CN=C(N)NCC2CN(C)CCO2)cc1OC.I. The number of morpholine rings is 1. The number of nitrogens with two attached hydrogens (primary N) is 1. The van der Waals surface area contributed by atoms with Crippen molar-refractivity contribution in [2.24, 2.45) is 10.7 Å². The zero-order chi connectivity index (χ0) is 16.7. The fraction of sp³-hybridized carbons (Fsp3) is 0.562. The minimum Gasteiger partial charge on any atom is -0.493 e. The zero-order valence-electron chi connectivity index (χ0n) is 14.4. The van der Waals surface area contributed by atoms with E-state index >= 15 is 0 Å². The van der Waals surface area contributed by atoms with Crippen LogP contribution in [-0.2, 0) is 11.3 Å². The number of nitrogens with zero attached hydrogens (tertiary/aromatic N) is 2. The average Bonchev–Trinajstić information content (AvgIpc) is 2.57. The molecule has 1 aliphatic rings. The monoisotopic (exact) mass is 450 g/mol. The van der Waals surface area contributed by atoms with Crippen molar-refractivity contribution in [1.29, 1.82) is 0 Å². The Hall–Kier alpha value is -1.26. The van der Waals surface area contributed by atoms with E-state index < -0.39 is 0 Å². The molecular weight excluding hydrogens is 423 g/mol. The number of nitrogens with one attached hydrogen (secondary N) is 1. The van der Waals surface area contributed by atoms with Crippen molar-refractivity contribution >= 4 is 29.9 Å². The van der Waals surface area contributed by atoms with Crippen molar-refractivity contribution in [3.63, 3.8) is 0 Å². The minimum atomic E-state index is 0. The Bertz CT molecular complexity index is 542. The lowest BCUT2D eigenvalue weighted by Gasteiger charge is -2.30. The molecule has 1 aromatic rings. The van der Waals surface area contributed by atoms with Crippen molar-refractivity contribution in [2.75, 3.05) is 47.5 Å². The van der Waals surface area contributed by atoms with Crippen molar-refractivity contribution < 1.29 is 14.2 Å². The third-order valence-corrected chi connectivity index (χ3v) is 3.73. The lowest BCUT2D eigenvalue weighted by Crippen LogP contribution is -2.47. The fourth-order valence-corrected chi connectivity index (χ4v) is 2.42. The van der Waals surface area contributed by atoms with Crippen molar-refractivity contribution in [3.8, 4) is 11.5 Å². The van der Waals surface area contributed by atoms with Gasteiger partial charge < -0.3 is 30.2 Å². The third kappa shape index (κ3) is 6.33. The summed E-state index contributed by atoms with van der Waals surface area (Å²) in [5.41, 5.74) is 6.91. The number of halogens is 1. The van der Waals surface area contributed by atoms with Gasteiger partial charge in [0.2, 0.25) is 0 Å². The summed E-state index contributed by atoms with van der Waals surface area (Å²) in [5, 5.41) is 3.11. The van der Waals surface area contributed by atoms with Gasteiger partial charge in [-0.15, -0.1) is 24.0 Å². The van der Waals surface area contributed by atoms with Gasteiger partial charge in [0, 0.05) is 19.6 Å². The Morgan fingerprint density at radius 3 is 2.79 bits per heavy atom. The predicted molar refractivity (Wildman–Crippen MR) is 106 cm³/mol. The van der Waals surface area contributed by atoms with Crippen LogP contribution in [0.1, 0.15) is 5.56 Å². The predicted octanol–water partition coefficient (Wildman–Crippen LogP) is 1.06. The third-order valence-electron chi connectivity index (χ3n) is 3.73. The molecule has 0 radical (unpaired) electrons. The highest BCUT2D eigenvalue weighted by atomic mass is 127. The lowest BCUT2D eigenvalue weighted by molar-refractivity contribution is -0.0160. The zero-order valence-corrected chi connectivity index (χ0v) is 16.8. The molecule has 1 atom stereocenters. The minimum absolute atomic E-state index is 0. The van der Waals surface area contributed by atoms with Gasteiger partial charge in [0.1, 0.15) is 0 Å². The molecule has 1 saturated heterocycles.